The van der Waals surface area contributed by atoms with Crippen molar-refractivity contribution in [2.75, 3.05) is 0 Å². The van der Waals surface area contributed by atoms with E-state index in [0.717, 1.165) is 25.7 Å². The molecule has 3 atom stereocenters. The molecule has 3 unspecified atom stereocenters. The van der Waals surface area contributed by atoms with Crippen LogP contribution < -0.4 is 0 Å². The van der Waals surface area contributed by atoms with Crippen molar-refractivity contribution in [1.29, 1.82) is 0 Å². The fourth-order valence-corrected chi connectivity index (χ4v) is 3.20. The molecule has 0 aromatic rings. The Kier molecular flexibility index (Phi) is 2.48. The molecule has 2 fully saturated rings. The topological polar surface area (TPSA) is 0 Å². The van der Waals surface area contributed by atoms with E-state index in [1.54, 1.807) is 0 Å². The third-order valence-corrected chi connectivity index (χ3v) is 3.87. The molecule has 0 aromatic carbocycles. The summed E-state index contributed by atoms with van der Waals surface area (Å²) in [6.45, 7) is 0. The van der Waals surface area contributed by atoms with E-state index >= 15 is 0 Å². The average Bonchev–Trinajstić information content (AvgIpc) is 2.61. The van der Waals surface area contributed by atoms with E-state index in [2.05, 4.69) is 0 Å². The Morgan fingerprint density at radius 3 is 2.36 bits per heavy atom. The Hall–Kier alpha value is -0.280. The quantitative estimate of drug-likeness (QED) is 0.609. The number of fused-ring (bicyclic) bond motifs is 1. The smallest absolute Gasteiger partial charge is 0.204 e. The molecule has 2 rings (SSSR count). The molecule has 0 N–H and O–H groups in total. The van der Waals surface area contributed by atoms with Crippen LogP contribution in [-0.2, 0) is 0 Å². The molecule has 0 radical (unpaired) electrons. The van der Waals surface area contributed by atoms with Crippen molar-refractivity contribution in [1.82, 2.24) is 0 Å². The van der Waals surface area contributed by atoms with Crippen molar-refractivity contribution >= 4 is 0 Å². The molecule has 0 bridgehead atoms. The predicted molar refractivity (Wildman–Crippen MR) is 44.5 cm³/mol. The Morgan fingerprint density at radius 2 is 1.71 bits per heavy atom. The summed E-state index contributed by atoms with van der Waals surface area (Å²) < 4.78 is 50.6. The van der Waals surface area contributed by atoms with Crippen molar-refractivity contribution < 1.29 is 17.6 Å². The van der Waals surface area contributed by atoms with Crippen LogP contribution in [-0.4, -0.2) is 12.3 Å². The van der Waals surface area contributed by atoms with E-state index in [-0.39, 0.29) is 12.3 Å². The van der Waals surface area contributed by atoms with Crippen LogP contribution in [0.5, 0.6) is 0 Å². The summed E-state index contributed by atoms with van der Waals surface area (Å²) in [6.07, 6.45) is 0.125. The van der Waals surface area contributed by atoms with E-state index in [4.69, 9.17) is 0 Å². The van der Waals surface area contributed by atoms with E-state index in [0.29, 0.717) is 5.92 Å². The largest absolute Gasteiger partial charge is 0.310 e. The van der Waals surface area contributed by atoms with Crippen LogP contribution in [0.3, 0.4) is 0 Å². The van der Waals surface area contributed by atoms with Gasteiger partial charge in [-0.1, -0.05) is 12.8 Å². The van der Waals surface area contributed by atoms with Gasteiger partial charge >= 0.3 is 12.3 Å². The van der Waals surface area contributed by atoms with Crippen molar-refractivity contribution in [2.24, 2.45) is 17.8 Å². The molecule has 4 heteroatoms. The molecule has 0 heterocycles. The van der Waals surface area contributed by atoms with Crippen LogP contribution in [0, 0.1) is 17.8 Å². The van der Waals surface area contributed by atoms with Crippen LogP contribution >= 0.6 is 0 Å². The molecule has 14 heavy (non-hydrogen) atoms. The molecule has 2 aliphatic carbocycles. The fourth-order valence-electron chi connectivity index (χ4n) is 3.20. The SMILES string of the molecule is FC(F)C(F)(F)C1CCC2CCCC21. The zero-order valence-electron chi connectivity index (χ0n) is 7.86. The van der Waals surface area contributed by atoms with Crippen LogP contribution in [0.4, 0.5) is 17.6 Å². The van der Waals surface area contributed by atoms with Crippen molar-refractivity contribution in [3.63, 3.8) is 0 Å². The Labute approximate surface area is 80.7 Å². The van der Waals surface area contributed by atoms with Gasteiger partial charge in [0.25, 0.3) is 0 Å². The molecule has 0 nitrogen and oxygen atoms in total. The van der Waals surface area contributed by atoms with Crippen molar-refractivity contribution in [2.45, 2.75) is 44.5 Å². The van der Waals surface area contributed by atoms with E-state index in [9.17, 15) is 17.6 Å². The highest BCUT2D eigenvalue weighted by molar-refractivity contribution is 4.96. The lowest BCUT2D eigenvalue weighted by molar-refractivity contribution is -0.173. The first kappa shape index (κ1) is 10.2. The molecule has 0 amide bonds. The normalized spacial score (nSPS) is 37.9. The number of hydrogen-bond donors (Lipinski definition) is 0. The highest BCUT2D eigenvalue weighted by Crippen LogP contribution is 2.53. The summed E-state index contributed by atoms with van der Waals surface area (Å²) >= 11 is 0. The molecular weight excluding hydrogens is 196 g/mol. The van der Waals surface area contributed by atoms with E-state index < -0.39 is 18.3 Å². The van der Waals surface area contributed by atoms with Crippen LogP contribution in [0.15, 0.2) is 0 Å². The minimum absolute atomic E-state index is 0.140. The molecule has 0 saturated heterocycles. The lowest BCUT2D eigenvalue weighted by Crippen LogP contribution is -2.38. The van der Waals surface area contributed by atoms with Crippen LogP contribution in [0.1, 0.15) is 32.1 Å². The van der Waals surface area contributed by atoms with Gasteiger partial charge in [0.05, 0.1) is 0 Å². The molecule has 0 aliphatic heterocycles. The fraction of sp³-hybridized carbons (Fsp3) is 1.00. The zero-order chi connectivity index (χ0) is 10.3. The second-order valence-corrected chi connectivity index (χ2v) is 4.51. The average molecular weight is 210 g/mol. The lowest BCUT2D eigenvalue weighted by Gasteiger charge is -2.27. The number of rotatable bonds is 2. The second kappa shape index (κ2) is 3.38. The summed E-state index contributed by atoms with van der Waals surface area (Å²) in [5.74, 6) is -4.66. The van der Waals surface area contributed by atoms with Gasteiger partial charge in [0.1, 0.15) is 0 Å². The zero-order valence-corrected chi connectivity index (χ0v) is 7.86. The standard InChI is InChI=1S/C10H14F4/c11-9(12)10(13,14)8-5-4-6-2-1-3-7(6)8/h6-9H,1-5H2. The molecule has 2 saturated carbocycles. The van der Waals surface area contributed by atoms with Gasteiger partial charge in [0, 0.05) is 5.92 Å². The monoisotopic (exact) mass is 210 g/mol. The summed E-state index contributed by atoms with van der Waals surface area (Å²) in [7, 11) is 0. The van der Waals surface area contributed by atoms with Crippen molar-refractivity contribution in [3.8, 4) is 0 Å². The number of hydrogen-bond acceptors (Lipinski definition) is 0. The first-order valence-corrected chi connectivity index (χ1v) is 5.19. The van der Waals surface area contributed by atoms with Gasteiger partial charge in [-0.3, -0.25) is 0 Å². The molecule has 2 aliphatic rings. The third kappa shape index (κ3) is 1.43. The maximum atomic E-state index is 13.1. The molecule has 82 valence electrons. The summed E-state index contributed by atoms with van der Waals surface area (Å²) in [5, 5.41) is 0. The number of alkyl halides is 4. The molecular formula is C10H14F4. The minimum Gasteiger partial charge on any atom is -0.204 e. The van der Waals surface area contributed by atoms with Gasteiger partial charge in [-0.05, 0) is 31.1 Å². The van der Waals surface area contributed by atoms with Gasteiger partial charge in [-0.15, -0.1) is 0 Å². The van der Waals surface area contributed by atoms with Gasteiger partial charge in [-0.2, -0.15) is 8.78 Å². The predicted octanol–water partition coefficient (Wildman–Crippen LogP) is 3.71. The minimum atomic E-state index is -3.76. The van der Waals surface area contributed by atoms with Crippen LogP contribution in [0.2, 0.25) is 0 Å². The second-order valence-electron chi connectivity index (χ2n) is 4.51. The summed E-state index contributed by atoms with van der Waals surface area (Å²) in [5.41, 5.74) is 0. The highest BCUT2D eigenvalue weighted by Gasteiger charge is 2.56. The Bertz CT molecular complexity index is 214. The van der Waals surface area contributed by atoms with E-state index in [1.165, 1.54) is 0 Å². The highest BCUT2D eigenvalue weighted by atomic mass is 19.3. The summed E-state index contributed by atoms with van der Waals surface area (Å²) in [6, 6.07) is 0. The van der Waals surface area contributed by atoms with Gasteiger partial charge in [0.2, 0.25) is 0 Å². The third-order valence-electron chi connectivity index (χ3n) is 3.87. The van der Waals surface area contributed by atoms with Crippen molar-refractivity contribution in [3.05, 3.63) is 0 Å². The maximum Gasteiger partial charge on any atom is 0.310 e. The lowest BCUT2D eigenvalue weighted by atomic mass is 9.87. The Balaban J connectivity index is 2.11. The first-order valence-electron chi connectivity index (χ1n) is 5.19. The maximum absolute atomic E-state index is 13.1. The molecule has 0 spiro atoms. The molecule has 0 aromatic heterocycles. The van der Waals surface area contributed by atoms with Gasteiger partial charge in [0.15, 0.2) is 0 Å². The van der Waals surface area contributed by atoms with E-state index in [1.807, 2.05) is 0 Å². The summed E-state index contributed by atoms with van der Waals surface area (Å²) in [4.78, 5) is 0. The van der Waals surface area contributed by atoms with Gasteiger partial charge in [-0.25, -0.2) is 8.78 Å². The Morgan fingerprint density at radius 1 is 1.00 bits per heavy atom. The number of halogens is 4. The van der Waals surface area contributed by atoms with Crippen LogP contribution in [0.25, 0.3) is 0 Å². The van der Waals surface area contributed by atoms with Gasteiger partial charge < -0.3 is 0 Å². The first-order chi connectivity index (χ1) is 6.53.